The molecule has 0 saturated heterocycles. The highest BCUT2D eigenvalue weighted by Crippen LogP contribution is 2.25. The fourth-order valence-electron chi connectivity index (χ4n) is 1.15. The van der Waals surface area contributed by atoms with E-state index in [4.69, 9.17) is 11.5 Å². The molecule has 0 radical (unpaired) electrons. The largest absolute Gasteiger partial charge is 0.398 e. The Labute approximate surface area is 100.0 Å². The van der Waals surface area contributed by atoms with Gasteiger partial charge in [0, 0.05) is 28.4 Å². The van der Waals surface area contributed by atoms with E-state index in [-0.39, 0.29) is 0 Å². The summed E-state index contributed by atoms with van der Waals surface area (Å²) in [6, 6.07) is 5.11. The molecule has 0 aromatic heterocycles. The summed E-state index contributed by atoms with van der Waals surface area (Å²) in [5, 5.41) is 0. The summed E-state index contributed by atoms with van der Waals surface area (Å²) in [7, 11) is 4.04. The highest BCUT2D eigenvalue weighted by Gasteiger charge is 2.05. The Bertz CT molecular complexity index is 379. The third kappa shape index (κ3) is 3.75. The van der Waals surface area contributed by atoms with E-state index in [1.807, 2.05) is 14.1 Å². The van der Waals surface area contributed by atoms with Crippen LogP contribution in [0, 0.1) is 0 Å². The molecule has 4 N–H and O–H groups in total. The number of benzene rings is 1. The molecule has 1 aromatic carbocycles. The van der Waals surface area contributed by atoms with Crippen LogP contribution in [0.1, 0.15) is 10.4 Å². The van der Waals surface area contributed by atoms with E-state index in [1.54, 1.807) is 30.0 Å². The summed E-state index contributed by atoms with van der Waals surface area (Å²) < 4.78 is 0. The lowest BCUT2D eigenvalue weighted by Crippen LogP contribution is -2.15. The second-order valence-electron chi connectivity index (χ2n) is 3.77. The topological polar surface area (TPSA) is 72.3 Å². The van der Waals surface area contributed by atoms with Crippen LogP contribution in [0.25, 0.3) is 0 Å². The molecule has 4 nitrogen and oxygen atoms in total. The second kappa shape index (κ2) is 5.77. The van der Waals surface area contributed by atoms with Crippen LogP contribution in [0.4, 0.5) is 5.69 Å². The molecular formula is C11H17N3OS. The standard InChI is InChI=1S/C11H17N3OS/c1-14(2)5-6-16-10-7-8(11(13)15)3-4-9(10)12/h3-4,7H,5-6,12H2,1-2H3,(H2,13,15). The third-order valence-corrected chi connectivity index (χ3v) is 3.15. The minimum Gasteiger partial charge on any atom is -0.398 e. The fourth-order valence-corrected chi connectivity index (χ4v) is 2.27. The lowest BCUT2D eigenvalue weighted by Gasteiger charge is -2.10. The molecule has 5 heteroatoms. The van der Waals surface area contributed by atoms with Crippen molar-refractivity contribution in [2.24, 2.45) is 5.73 Å². The molecule has 0 aliphatic carbocycles. The number of carbonyl (C=O) groups excluding carboxylic acids is 1. The van der Waals surface area contributed by atoms with Crippen LogP contribution in [-0.2, 0) is 0 Å². The smallest absolute Gasteiger partial charge is 0.248 e. The number of nitrogen functional groups attached to an aromatic ring is 1. The molecule has 0 aliphatic heterocycles. The van der Waals surface area contributed by atoms with Crippen molar-refractivity contribution in [3.05, 3.63) is 23.8 Å². The zero-order chi connectivity index (χ0) is 12.1. The normalized spacial score (nSPS) is 10.7. The number of hydrogen-bond acceptors (Lipinski definition) is 4. The van der Waals surface area contributed by atoms with E-state index in [2.05, 4.69) is 4.90 Å². The van der Waals surface area contributed by atoms with Gasteiger partial charge in [-0.05, 0) is 32.3 Å². The van der Waals surface area contributed by atoms with Gasteiger partial charge in [-0.25, -0.2) is 0 Å². The molecule has 0 bridgehead atoms. The molecule has 0 unspecified atom stereocenters. The highest BCUT2D eigenvalue weighted by atomic mass is 32.2. The zero-order valence-corrected chi connectivity index (χ0v) is 10.4. The van der Waals surface area contributed by atoms with Gasteiger partial charge >= 0.3 is 0 Å². The van der Waals surface area contributed by atoms with Crippen LogP contribution >= 0.6 is 11.8 Å². The Morgan fingerprint density at radius 2 is 2.12 bits per heavy atom. The zero-order valence-electron chi connectivity index (χ0n) is 9.56. The summed E-state index contributed by atoms with van der Waals surface area (Å²) >= 11 is 1.63. The lowest BCUT2D eigenvalue weighted by molar-refractivity contribution is 0.1000. The Kier molecular flexibility index (Phi) is 4.64. The summed E-state index contributed by atoms with van der Waals surface area (Å²) in [5.41, 5.74) is 12.2. The molecule has 0 saturated carbocycles. The number of nitrogens with zero attached hydrogens (tertiary/aromatic N) is 1. The van der Waals surface area contributed by atoms with Gasteiger partial charge in [-0.2, -0.15) is 0 Å². The van der Waals surface area contributed by atoms with Crippen molar-refractivity contribution in [3.63, 3.8) is 0 Å². The molecule has 0 heterocycles. The minimum absolute atomic E-state index is 0.422. The maximum atomic E-state index is 11.0. The quantitative estimate of drug-likeness (QED) is 0.594. The Hall–Kier alpha value is -1.20. The summed E-state index contributed by atoms with van der Waals surface area (Å²) in [5.74, 6) is 0.508. The summed E-state index contributed by atoms with van der Waals surface area (Å²) in [6.07, 6.45) is 0. The number of hydrogen-bond donors (Lipinski definition) is 2. The Balaban J connectivity index is 2.70. The van der Waals surface area contributed by atoms with Gasteiger partial charge in [-0.15, -0.1) is 11.8 Å². The molecule has 0 aliphatic rings. The van der Waals surface area contributed by atoms with Gasteiger partial charge in [0.25, 0.3) is 0 Å². The molecular weight excluding hydrogens is 222 g/mol. The molecule has 0 spiro atoms. The van der Waals surface area contributed by atoms with E-state index in [9.17, 15) is 4.79 Å². The van der Waals surface area contributed by atoms with Crippen molar-refractivity contribution in [2.75, 3.05) is 32.1 Å². The highest BCUT2D eigenvalue weighted by molar-refractivity contribution is 7.99. The summed E-state index contributed by atoms with van der Waals surface area (Å²) in [6.45, 7) is 0.963. The molecule has 1 rings (SSSR count). The number of nitrogens with two attached hydrogens (primary N) is 2. The van der Waals surface area contributed by atoms with Crippen molar-refractivity contribution >= 4 is 23.4 Å². The minimum atomic E-state index is -0.422. The predicted octanol–water partition coefficient (Wildman–Crippen LogP) is 1.02. The van der Waals surface area contributed by atoms with Crippen LogP contribution in [0.3, 0.4) is 0 Å². The molecule has 1 amide bonds. The van der Waals surface area contributed by atoms with Gasteiger partial charge in [0.05, 0.1) is 0 Å². The van der Waals surface area contributed by atoms with Crippen molar-refractivity contribution in [3.8, 4) is 0 Å². The second-order valence-corrected chi connectivity index (χ2v) is 4.91. The average molecular weight is 239 g/mol. The van der Waals surface area contributed by atoms with Crippen LogP contribution in [-0.4, -0.2) is 37.2 Å². The Morgan fingerprint density at radius 1 is 1.44 bits per heavy atom. The van der Waals surface area contributed by atoms with E-state index in [0.29, 0.717) is 11.3 Å². The van der Waals surface area contributed by atoms with Gasteiger partial charge in [-0.3, -0.25) is 4.79 Å². The molecule has 1 aromatic rings. The number of thioether (sulfide) groups is 1. The number of carbonyl (C=O) groups is 1. The van der Waals surface area contributed by atoms with E-state index < -0.39 is 5.91 Å². The SMILES string of the molecule is CN(C)CCSc1cc(C(N)=O)ccc1N. The third-order valence-electron chi connectivity index (χ3n) is 2.09. The summed E-state index contributed by atoms with van der Waals surface area (Å²) in [4.78, 5) is 14.0. The van der Waals surface area contributed by atoms with Crippen LogP contribution < -0.4 is 11.5 Å². The first-order valence-electron chi connectivity index (χ1n) is 4.97. The number of primary amides is 1. The maximum Gasteiger partial charge on any atom is 0.248 e. The van der Waals surface area contributed by atoms with Gasteiger partial charge in [0.15, 0.2) is 0 Å². The molecule has 88 valence electrons. The van der Waals surface area contributed by atoms with Crippen molar-refractivity contribution in [1.29, 1.82) is 0 Å². The Morgan fingerprint density at radius 3 is 2.69 bits per heavy atom. The molecule has 0 fully saturated rings. The van der Waals surface area contributed by atoms with E-state index in [1.165, 1.54) is 0 Å². The van der Waals surface area contributed by atoms with Crippen molar-refractivity contribution in [1.82, 2.24) is 4.90 Å². The number of amides is 1. The van der Waals surface area contributed by atoms with Crippen LogP contribution in [0.5, 0.6) is 0 Å². The van der Waals surface area contributed by atoms with E-state index in [0.717, 1.165) is 17.2 Å². The van der Waals surface area contributed by atoms with Crippen LogP contribution in [0.15, 0.2) is 23.1 Å². The average Bonchev–Trinajstić information content (AvgIpc) is 2.20. The lowest BCUT2D eigenvalue weighted by atomic mass is 10.2. The van der Waals surface area contributed by atoms with Gasteiger partial charge in [0.2, 0.25) is 5.91 Å². The first-order valence-corrected chi connectivity index (χ1v) is 5.96. The van der Waals surface area contributed by atoms with Crippen molar-refractivity contribution in [2.45, 2.75) is 4.90 Å². The van der Waals surface area contributed by atoms with Gasteiger partial charge in [-0.1, -0.05) is 0 Å². The first kappa shape index (κ1) is 12.9. The predicted molar refractivity (Wildman–Crippen MR) is 68.7 cm³/mol. The maximum absolute atomic E-state index is 11.0. The van der Waals surface area contributed by atoms with Gasteiger partial charge < -0.3 is 16.4 Å². The fraction of sp³-hybridized carbons (Fsp3) is 0.364. The molecule has 0 atom stereocenters. The van der Waals surface area contributed by atoms with E-state index >= 15 is 0 Å². The van der Waals surface area contributed by atoms with Crippen molar-refractivity contribution < 1.29 is 4.79 Å². The number of rotatable bonds is 5. The first-order chi connectivity index (χ1) is 7.50. The van der Waals surface area contributed by atoms with Gasteiger partial charge in [0.1, 0.15) is 0 Å². The molecule has 16 heavy (non-hydrogen) atoms. The monoisotopic (exact) mass is 239 g/mol. The number of anilines is 1. The van der Waals surface area contributed by atoms with Crippen LogP contribution in [0.2, 0.25) is 0 Å².